The lowest BCUT2D eigenvalue weighted by atomic mass is 10.1. The van der Waals surface area contributed by atoms with Crippen LogP contribution in [-0.4, -0.2) is 20.8 Å². The summed E-state index contributed by atoms with van der Waals surface area (Å²) in [4.78, 5) is 14.7. The molecule has 0 saturated carbocycles. The number of nitrogens with two attached hydrogens (primary N) is 1. The average Bonchev–Trinajstić information content (AvgIpc) is 3.09. The second kappa shape index (κ2) is 5.12. The summed E-state index contributed by atoms with van der Waals surface area (Å²) >= 11 is 1.80. The van der Waals surface area contributed by atoms with E-state index in [1.807, 2.05) is 0 Å². The Labute approximate surface area is 118 Å². The number of thioether (sulfide) groups is 1. The number of nitrogens with zero attached hydrogens (tertiary/aromatic N) is 3. The van der Waals surface area contributed by atoms with E-state index in [9.17, 15) is 10.1 Å². The second-order valence-corrected chi connectivity index (χ2v) is 5.80. The minimum atomic E-state index is -0.525. The van der Waals surface area contributed by atoms with Crippen molar-refractivity contribution in [3.05, 3.63) is 34.1 Å². The van der Waals surface area contributed by atoms with E-state index in [1.54, 1.807) is 17.8 Å². The van der Waals surface area contributed by atoms with E-state index in [-0.39, 0.29) is 22.5 Å². The molecule has 0 radical (unpaired) electrons. The molecule has 8 heteroatoms. The van der Waals surface area contributed by atoms with Crippen LogP contribution in [0.3, 0.4) is 0 Å². The Morgan fingerprint density at radius 3 is 3.05 bits per heavy atom. The van der Waals surface area contributed by atoms with Crippen molar-refractivity contribution in [1.29, 1.82) is 0 Å². The molecule has 3 rings (SSSR count). The van der Waals surface area contributed by atoms with E-state index < -0.39 is 4.92 Å². The maximum absolute atomic E-state index is 10.9. The highest BCUT2D eigenvalue weighted by atomic mass is 32.2. The van der Waals surface area contributed by atoms with Crippen LogP contribution in [0.15, 0.2) is 22.7 Å². The van der Waals surface area contributed by atoms with Crippen LogP contribution in [0.5, 0.6) is 0 Å². The highest BCUT2D eigenvalue weighted by Gasteiger charge is 2.24. The molecule has 7 nitrogen and oxygen atoms in total. The highest BCUT2D eigenvalue weighted by molar-refractivity contribution is 7.99. The van der Waals surface area contributed by atoms with Gasteiger partial charge in [-0.25, -0.2) is 0 Å². The van der Waals surface area contributed by atoms with Gasteiger partial charge in [-0.05, 0) is 30.7 Å². The minimum absolute atomic E-state index is 0.116. The topological polar surface area (TPSA) is 108 Å². The lowest BCUT2D eigenvalue weighted by Crippen LogP contribution is -1.96. The Balaban J connectivity index is 1.93. The first-order valence-corrected chi connectivity index (χ1v) is 7.19. The molecule has 1 aliphatic rings. The number of rotatable bonds is 3. The zero-order valence-electron chi connectivity index (χ0n) is 10.5. The van der Waals surface area contributed by atoms with Crippen LogP contribution in [0.25, 0.3) is 11.5 Å². The van der Waals surface area contributed by atoms with Gasteiger partial charge in [-0.1, -0.05) is 5.16 Å². The zero-order chi connectivity index (χ0) is 14.1. The monoisotopic (exact) mass is 292 g/mol. The molecule has 1 saturated heterocycles. The van der Waals surface area contributed by atoms with E-state index >= 15 is 0 Å². The van der Waals surface area contributed by atoms with Crippen LogP contribution >= 0.6 is 11.8 Å². The summed E-state index contributed by atoms with van der Waals surface area (Å²) in [6, 6.07) is 4.47. The molecule has 1 aromatic heterocycles. The van der Waals surface area contributed by atoms with Crippen molar-refractivity contribution >= 4 is 23.1 Å². The van der Waals surface area contributed by atoms with Crippen LogP contribution in [0.2, 0.25) is 0 Å². The molecule has 2 aromatic rings. The molecule has 1 unspecified atom stereocenters. The number of hydrogen-bond donors (Lipinski definition) is 1. The first kappa shape index (κ1) is 12.9. The summed E-state index contributed by atoms with van der Waals surface area (Å²) in [5.74, 6) is 2.04. The SMILES string of the molecule is Nc1ccc(-c2nc(C3CCCS3)no2)cc1[N+](=O)[O-]. The fourth-order valence-corrected chi connectivity index (χ4v) is 3.29. The molecule has 0 spiro atoms. The van der Waals surface area contributed by atoms with Gasteiger partial charge in [0.25, 0.3) is 11.6 Å². The first-order chi connectivity index (χ1) is 9.65. The zero-order valence-corrected chi connectivity index (χ0v) is 11.3. The molecule has 0 amide bonds. The number of hydrogen-bond acceptors (Lipinski definition) is 7. The van der Waals surface area contributed by atoms with Crippen LogP contribution in [-0.2, 0) is 0 Å². The van der Waals surface area contributed by atoms with Gasteiger partial charge in [0.05, 0.1) is 10.2 Å². The predicted octanol–water partition coefficient (Wildman–Crippen LogP) is 2.80. The van der Waals surface area contributed by atoms with E-state index in [4.69, 9.17) is 10.3 Å². The Hall–Kier alpha value is -2.09. The van der Waals surface area contributed by atoms with Gasteiger partial charge in [0.2, 0.25) is 0 Å². The number of nitrogen functional groups attached to an aromatic ring is 1. The molecule has 20 heavy (non-hydrogen) atoms. The summed E-state index contributed by atoms with van der Waals surface area (Å²) in [6.45, 7) is 0. The Morgan fingerprint density at radius 1 is 1.50 bits per heavy atom. The Bertz CT molecular complexity index is 652. The molecule has 1 fully saturated rings. The van der Waals surface area contributed by atoms with Crippen molar-refractivity contribution in [2.75, 3.05) is 11.5 Å². The van der Waals surface area contributed by atoms with Gasteiger partial charge >= 0.3 is 0 Å². The quantitative estimate of drug-likeness (QED) is 0.526. The fraction of sp³-hybridized carbons (Fsp3) is 0.333. The number of benzene rings is 1. The molecule has 104 valence electrons. The number of anilines is 1. The van der Waals surface area contributed by atoms with Gasteiger partial charge in [-0.15, -0.1) is 0 Å². The minimum Gasteiger partial charge on any atom is -0.393 e. The molecule has 0 bridgehead atoms. The van der Waals surface area contributed by atoms with Crippen LogP contribution in [0.4, 0.5) is 11.4 Å². The third kappa shape index (κ3) is 2.34. The largest absolute Gasteiger partial charge is 0.393 e. The number of aromatic nitrogens is 2. The molecule has 2 N–H and O–H groups in total. The standard InChI is InChI=1S/C12H12N4O3S/c13-8-4-3-7(6-9(8)16(17)18)12-14-11(15-19-12)10-2-1-5-20-10/h3-4,6,10H,1-2,5,13H2. The third-order valence-electron chi connectivity index (χ3n) is 3.13. The van der Waals surface area contributed by atoms with Gasteiger partial charge in [-0.3, -0.25) is 10.1 Å². The molecule has 1 atom stereocenters. The van der Waals surface area contributed by atoms with Crippen LogP contribution < -0.4 is 5.73 Å². The van der Waals surface area contributed by atoms with E-state index in [0.29, 0.717) is 11.4 Å². The molecule has 1 aromatic carbocycles. The average molecular weight is 292 g/mol. The molecular weight excluding hydrogens is 280 g/mol. The maximum atomic E-state index is 10.9. The van der Waals surface area contributed by atoms with Crippen LogP contribution in [0.1, 0.15) is 23.9 Å². The van der Waals surface area contributed by atoms with Gasteiger partial charge < -0.3 is 10.3 Å². The number of nitro benzene ring substituents is 1. The summed E-state index contributed by atoms with van der Waals surface area (Å²) in [6.07, 6.45) is 2.18. The summed E-state index contributed by atoms with van der Waals surface area (Å²) in [7, 11) is 0. The van der Waals surface area contributed by atoms with E-state index in [1.165, 1.54) is 12.1 Å². The first-order valence-electron chi connectivity index (χ1n) is 6.14. The van der Waals surface area contributed by atoms with E-state index in [2.05, 4.69) is 10.1 Å². The van der Waals surface area contributed by atoms with Crippen molar-refractivity contribution in [3.8, 4) is 11.5 Å². The molecule has 0 aliphatic carbocycles. The van der Waals surface area contributed by atoms with Gasteiger partial charge in [0, 0.05) is 11.6 Å². The van der Waals surface area contributed by atoms with Gasteiger partial charge in [-0.2, -0.15) is 16.7 Å². The number of nitro groups is 1. The molecular formula is C12H12N4O3S. The highest BCUT2D eigenvalue weighted by Crippen LogP contribution is 2.39. The second-order valence-electron chi connectivity index (χ2n) is 4.49. The third-order valence-corrected chi connectivity index (χ3v) is 4.51. The van der Waals surface area contributed by atoms with E-state index in [0.717, 1.165) is 18.6 Å². The lowest BCUT2D eigenvalue weighted by molar-refractivity contribution is -0.383. The fourth-order valence-electron chi connectivity index (χ4n) is 2.10. The summed E-state index contributed by atoms with van der Waals surface area (Å²) in [5, 5.41) is 15.1. The van der Waals surface area contributed by atoms with Crippen molar-refractivity contribution in [2.45, 2.75) is 18.1 Å². The lowest BCUT2D eigenvalue weighted by Gasteiger charge is -2.00. The van der Waals surface area contributed by atoms with Crippen molar-refractivity contribution in [1.82, 2.24) is 10.1 Å². The Kier molecular flexibility index (Phi) is 3.31. The molecule has 2 heterocycles. The smallest absolute Gasteiger partial charge is 0.292 e. The Morgan fingerprint density at radius 2 is 2.35 bits per heavy atom. The van der Waals surface area contributed by atoms with Crippen molar-refractivity contribution in [2.24, 2.45) is 0 Å². The van der Waals surface area contributed by atoms with Crippen molar-refractivity contribution < 1.29 is 9.45 Å². The van der Waals surface area contributed by atoms with Crippen LogP contribution in [0, 0.1) is 10.1 Å². The predicted molar refractivity (Wildman–Crippen MR) is 75.2 cm³/mol. The van der Waals surface area contributed by atoms with Gasteiger partial charge in [0.15, 0.2) is 5.82 Å². The normalized spacial score (nSPS) is 18.3. The summed E-state index contributed by atoms with van der Waals surface area (Å²) in [5.41, 5.74) is 6.03. The maximum Gasteiger partial charge on any atom is 0.292 e. The summed E-state index contributed by atoms with van der Waals surface area (Å²) < 4.78 is 5.20. The molecule has 1 aliphatic heterocycles. The van der Waals surface area contributed by atoms with Crippen molar-refractivity contribution in [3.63, 3.8) is 0 Å². The van der Waals surface area contributed by atoms with Gasteiger partial charge in [0.1, 0.15) is 5.69 Å².